The van der Waals surface area contributed by atoms with Gasteiger partial charge in [0.15, 0.2) is 0 Å². The minimum absolute atomic E-state index is 0.214. The lowest BCUT2D eigenvalue weighted by molar-refractivity contribution is 0.0284. The first kappa shape index (κ1) is 17.3. The highest BCUT2D eigenvalue weighted by Gasteiger charge is 2.17. The van der Waals surface area contributed by atoms with Gasteiger partial charge in [-0.1, -0.05) is 60.7 Å². The van der Waals surface area contributed by atoms with Gasteiger partial charge in [0.25, 0.3) is 0 Å². The molecule has 0 saturated carbocycles. The van der Waals surface area contributed by atoms with Crippen molar-refractivity contribution >= 4 is 17.6 Å². The number of rotatable bonds is 8. The van der Waals surface area contributed by atoms with Gasteiger partial charge in [-0.15, -0.1) is 11.6 Å². The van der Waals surface area contributed by atoms with E-state index in [0.29, 0.717) is 17.9 Å². The molecule has 2 nitrogen and oxygen atoms in total. The van der Waals surface area contributed by atoms with Crippen molar-refractivity contribution in [3.8, 4) is 0 Å². The number of esters is 1. The molecule has 0 unspecified atom stereocenters. The first-order valence-electron chi connectivity index (χ1n) is 7.71. The molecular formula is C20H21ClO2. The summed E-state index contributed by atoms with van der Waals surface area (Å²) in [6.07, 6.45) is 1.98. The Balaban J connectivity index is 1.99. The molecule has 3 heteroatoms. The summed E-state index contributed by atoms with van der Waals surface area (Å²) in [5, 5.41) is 0. The number of carbonyl (C=O) groups excluding carboxylic acids is 1. The summed E-state index contributed by atoms with van der Waals surface area (Å²) in [4.78, 5) is 12.3. The highest BCUT2D eigenvalue weighted by atomic mass is 35.5. The Hall–Kier alpha value is -2.06. The van der Waals surface area contributed by atoms with E-state index in [2.05, 4.69) is 18.7 Å². The summed E-state index contributed by atoms with van der Waals surface area (Å²) in [6, 6.07) is 19.2. The minimum Gasteiger partial charge on any atom is -0.458 e. The lowest BCUT2D eigenvalue weighted by Gasteiger charge is -2.18. The standard InChI is InChI=1S/C20H21ClO2/c1-16(15-21)14-19(13-12-17-8-4-2-5-9-17)23-20(22)18-10-6-3-7-11-18/h2-11,19H,1,12-15H2/t19-/m1/s1. The summed E-state index contributed by atoms with van der Waals surface area (Å²) in [6.45, 7) is 3.92. The minimum atomic E-state index is -0.300. The third-order valence-electron chi connectivity index (χ3n) is 3.59. The number of aryl methyl sites for hydroxylation is 1. The van der Waals surface area contributed by atoms with Crippen LogP contribution in [0.5, 0.6) is 0 Å². The van der Waals surface area contributed by atoms with Gasteiger partial charge >= 0.3 is 5.97 Å². The van der Waals surface area contributed by atoms with Gasteiger partial charge in [-0.25, -0.2) is 4.79 Å². The predicted octanol–water partition coefficient (Wildman–Crippen LogP) is 5.03. The van der Waals surface area contributed by atoms with Crippen LogP contribution < -0.4 is 0 Å². The van der Waals surface area contributed by atoms with Crippen LogP contribution in [0.1, 0.15) is 28.8 Å². The number of benzene rings is 2. The quantitative estimate of drug-likeness (QED) is 0.386. The maximum absolute atomic E-state index is 12.3. The van der Waals surface area contributed by atoms with Crippen molar-refractivity contribution < 1.29 is 9.53 Å². The van der Waals surface area contributed by atoms with E-state index in [1.807, 2.05) is 36.4 Å². The van der Waals surface area contributed by atoms with Crippen molar-refractivity contribution in [2.24, 2.45) is 0 Å². The van der Waals surface area contributed by atoms with Gasteiger partial charge in [-0.2, -0.15) is 0 Å². The molecule has 0 heterocycles. The Morgan fingerprint density at radius 2 is 1.65 bits per heavy atom. The van der Waals surface area contributed by atoms with Crippen LogP contribution in [0, 0.1) is 0 Å². The van der Waals surface area contributed by atoms with Crippen molar-refractivity contribution in [1.29, 1.82) is 0 Å². The molecular weight excluding hydrogens is 308 g/mol. The molecule has 0 saturated heterocycles. The lowest BCUT2D eigenvalue weighted by atomic mass is 10.0. The molecule has 1 atom stereocenters. The fourth-order valence-corrected chi connectivity index (χ4v) is 2.45. The number of alkyl halides is 1. The van der Waals surface area contributed by atoms with E-state index < -0.39 is 0 Å². The fourth-order valence-electron chi connectivity index (χ4n) is 2.35. The number of halogens is 1. The van der Waals surface area contributed by atoms with E-state index in [1.54, 1.807) is 12.1 Å². The van der Waals surface area contributed by atoms with Crippen LogP contribution in [-0.4, -0.2) is 18.0 Å². The summed E-state index contributed by atoms with van der Waals surface area (Å²) in [7, 11) is 0. The SMILES string of the molecule is C=C(CCl)C[C@@H](CCc1ccccc1)OC(=O)c1ccccc1. The molecule has 0 aliphatic rings. The van der Waals surface area contributed by atoms with Crippen LogP contribution in [-0.2, 0) is 11.2 Å². The molecule has 0 N–H and O–H groups in total. The predicted molar refractivity (Wildman–Crippen MR) is 94.9 cm³/mol. The van der Waals surface area contributed by atoms with Crippen LogP contribution in [0.2, 0.25) is 0 Å². The van der Waals surface area contributed by atoms with E-state index in [-0.39, 0.29) is 12.1 Å². The molecule has 0 bridgehead atoms. The van der Waals surface area contributed by atoms with Gasteiger partial charge < -0.3 is 4.74 Å². The number of ether oxygens (including phenoxy) is 1. The Labute approximate surface area is 142 Å². The van der Waals surface area contributed by atoms with Crippen LogP contribution >= 0.6 is 11.6 Å². The van der Waals surface area contributed by atoms with Crippen molar-refractivity contribution in [2.45, 2.75) is 25.4 Å². The van der Waals surface area contributed by atoms with E-state index in [1.165, 1.54) is 5.56 Å². The Morgan fingerprint density at radius 1 is 1.04 bits per heavy atom. The lowest BCUT2D eigenvalue weighted by Crippen LogP contribution is -2.20. The first-order chi connectivity index (χ1) is 11.2. The molecule has 0 aliphatic heterocycles. The highest BCUT2D eigenvalue weighted by molar-refractivity contribution is 6.19. The van der Waals surface area contributed by atoms with Gasteiger partial charge in [0.2, 0.25) is 0 Å². The first-order valence-corrected chi connectivity index (χ1v) is 8.25. The van der Waals surface area contributed by atoms with Gasteiger partial charge in [0, 0.05) is 12.3 Å². The van der Waals surface area contributed by atoms with Crippen LogP contribution in [0.15, 0.2) is 72.8 Å². The Kier molecular flexibility index (Phi) is 6.89. The monoisotopic (exact) mass is 328 g/mol. The maximum Gasteiger partial charge on any atom is 0.338 e. The second-order valence-electron chi connectivity index (χ2n) is 5.51. The molecule has 0 aromatic heterocycles. The van der Waals surface area contributed by atoms with Crippen molar-refractivity contribution in [2.75, 3.05) is 5.88 Å². The normalized spacial score (nSPS) is 11.7. The smallest absolute Gasteiger partial charge is 0.338 e. The highest BCUT2D eigenvalue weighted by Crippen LogP contribution is 2.17. The van der Waals surface area contributed by atoms with E-state index in [4.69, 9.17) is 16.3 Å². The maximum atomic E-state index is 12.3. The molecule has 0 spiro atoms. The largest absolute Gasteiger partial charge is 0.458 e. The van der Waals surface area contributed by atoms with Crippen LogP contribution in [0.4, 0.5) is 0 Å². The van der Waals surface area contributed by atoms with Crippen molar-refractivity contribution in [3.63, 3.8) is 0 Å². The fraction of sp³-hybridized carbons (Fsp3) is 0.250. The van der Waals surface area contributed by atoms with Crippen molar-refractivity contribution in [3.05, 3.63) is 83.9 Å². The molecule has 23 heavy (non-hydrogen) atoms. The number of hydrogen-bond donors (Lipinski definition) is 0. The molecule has 120 valence electrons. The molecule has 0 amide bonds. The number of carbonyl (C=O) groups is 1. The molecule has 0 radical (unpaired) electrons. The Morgan fingerprint density at radius 3 is 2.26 bits per heavy atom. The molecule has 2 rings (SSSR count). The summed E-state index contributed by atoms with van der Waals surface area (Å²) < 4.78 is 5.67. The van der Waals surface area contributed by atoms with Crippen molar-refractivity contribution in [1.82, 2.24) is 0 Å². The van der Waals surface area contributed by atoms with Crippen LogP contribution in [0.25, 0.3) is 0 Å². The topological polar surface area (TPSA) is 26.3 Å². The van der Waals surface area contributed by atoms with Crippen LogP contribution in [0.3, 0.4) is 0 Å². The summed E-state index contributed by atoms with van der Waals surface area (Å²) in [5.41, 5.74) is 2.67. The van der Waals surface area contributed by atoms with Gasteiger partial charge in [-0.05, 0) is 30.5 Å². The van der Waals surface area contributed by atoms with Gasteiger partial charge in [0.05, 0.1) is 5.56 Å². The van der Waals surface area contributed by atoms with Gasteiger partial charge in [-0.3, -0.25) is 0 Å². The zero-order chi connectivity index (χ0) is 16.5. The van der Waals surface area contributed by atoms with E-state index in [0.717, 1.165) is 18.4 Å². The van der Waals surface area contributed by atoms with E-state index in [9.17, 15) is 4.79 Å². The second-order valence-corrected chi connectivity index (χ2v) is 5.77. The third kappa shape index (κ3) is 5.91. The summed E-state index contributed by atoms with van der Waals surface area (Å²) >= 11 is 5.83. The summed E-state index contributed by atoms with van der Waals surface area (Å²) in [5.74, 6) is 0.0797. The van der Waals surface area contributed by atoms with Gasteiger partial charge in [0.1, 0.15) is 6.10 Å². The second kappa shape index (κ2) is 9.16. The zero-order valence-corrected chi connectivity index (χ0v) is 13.8. The molecule has 2 aromatic rings. The Bertz CT molecular complexity index is 623. The average molecular weight is 329 g/mol. The number of hydrogen-bond acceptors (Lipinski definition) is 2. The molecule has 2 aromatic carbocycles. The van der Waals surface area contributed by atoms with E-state index >= 15 is 0 Å². The average Bonchev–Trinajstić information content (AvgIpc) is 2.61. The zero-order valence-electron chi connectivity index (χ0n) is 13.1. The molecule has 0 aliphatic carbocycles. The third-order valence-corrected chi connectivity index (χ3v) is 3.96. The molecule has 0 fully saturated rings.